The Hall–Kier alpha value is -0.530. The SMILES string of the molecule is COC(=O)[C@H]1CCC[C@@H](C(C)(C)C)C1. The fourth-order valence-electron chi connectivity index (χ4n) is 2.36. The Balaban J connectivity index is 2.56. The van der Waals surface area contributed by atoms with Crippen molar-refractivity contribution in [2.45, 2.75) is 46.5 Å². The lowest BCUT2D eigenvalue weighted by Crippen LogP contribution is -2.30. The van der Waals surface area contributed by atoms with Crippen molar-refractivity contribution in [3.63, 3.8) is 0 Å². The maximum absolute atomic E-state index is 11.4. The van der Waals surface area contributed by atoms with Crippen molar-refractivity contribution in [2.75, 3.05) is 7.11 Å². The van der Waals surface area contributed by atoms with Crippen LogP contribution in [0.4, 0.5) is 0 Å². The molecule has 0 spiro atoms. The van der Waals surface area contributed by atoms with E-state index >= 15 is 0 Å². The third-order valence-corrected chi connectivity index (χ3v) is 3.43. The van der Waals surface area contributed by atoms with Crippen molar-refractivity contribution in [1.82, 2.24) is 0 Å². The van der Waals surface area contributed by atoms with Gasteiger partial charge in [-0.1, -0.05) is 27.2 Å². The van der Waals surface area contributed by atoms with Gasteiger partial charge in [0.05, 0.1) is 13.0 Å². The Labute approximate surface area is 87.0 Å². The van der Waals surface area contributed by atoms with E-state index in [0.717, 1.165) is 12.8 Å². The van der Waals surface area contributed by atoms with Crippen molar-refractivity contribution in [3.05, 3.63) is 0 Å². The van der Waals surface area contributed by atoms with Crippen LogP contribution in [0.1, 0.15) is 46.5 Å². The number of esters is 1. The molecule has 0 aromatic heterocycles. The molecule has 2 atom stereocenters. The highest BCUT2D eigenvalue weighted by molar-refractivity contribution is 5.72. The molecule has 0 radical (unpaired) electrons. The number of carbonyl (C=O) groups is 1. The van der Waals surface area contributed by atoms with E-state index in [0.29, 0.717) is 11.3 Å². The van der Waals surface area contributed by atoms with Gasteiger partial charge >= 0.3 is 5.97 Å². The molecule has 2 nitrogen and oxygen atoms in total. The van der Waals surface area contributed by atoms with Crippen LogP contribution in [-0.2, 0) is 9.53 Å². The molecule has 0 heterocycles. The lowest BCUT2D eigenvalue weighted by atomic mass is 9.69. The lowest BCUT2D eigenvalue weighted by Gasteiger charge is -2.36. The van der Waals surface area contributed by atoms with Crippen LogP contribution in [0.5, 0.6) is 0 Å². The van der Waals surface area contributed by atoms with Gasteiger partial charge in [-0.25, -0.2) is 0 Å². The average molecular weight is 198 g/mol. The van der Waals surface area contributed by atoms with E-state index in [2.05, 4.69) is 20.8 Å². The van der Waals surface area contributed by atoms with Gasteiger partial charge in [0.1, 0.15) is 0 Å². The van der Waals surface area contributed by atoms with E-state index in [1.165, 1.54) is 20.0 Å². The zero-order chi connectivity index (χ0) is 10.8. The molecule has 1 fully saturated rings. The van der Waals surface area contributed by atoms with Crippen LogP contribution < -0.4 is 0 Å². The Bertz CT molecular complexity index is 203. The maximum atomic E-state index is 11.4. The van der Waals surface area contributed by atoms with Gasteiger partial charge in [-0.3, -0.25) is 4.79 Å². The summed E-state index contributed by atoms with van der Waals surface area (Å²) in [7, 11) is 1.49. The topological polar surface area (TPSA) is 26.3 Å². The highest BCUT2D eigenvalue weighted by atomic mass is 16.5. The molecular formula is C12H22O2. The van der Waals surface area contributed by atoms with Gasteiger partial charge in [-0.2, -0.15) is 0 Å². The number of rotatable bonds is 1. The smallest absolute Gasteiger partial charge is 0.308 e. The predicted octanol–water partition coefficient (Wildman–Crippen LogP) is 3.01. The van der Waals surface area contributed by atoms with Gasteiger partial charge < -0.3 is 4.74 Å². The first-order chi connectivity index (χ1) is 6.45. The Morgan fingerprint density at radius 2 is 1.93 bits per heavy atom. The summed E-state index contributed by atoms with van der Waals surface area (Å²) in [6.07, 6.45) is 4.45. The second kappa shape index (κ2) is 4.33. The molecule has 82 valence electrons. The van der Waals surface area contributed by atoms with Crippen LogP contribution in [0, 0.1) is 17.3 Å². The molecule has 14 heavy (non-hydrogen) atoms. The zero-order valence-electron chi connectivity index (χ0n) is 9.80. The summed E-state index contributed by atoms with van der Waals surface area (Å²) in [5.74, 6) is 0.803. The van der Waals surface area contributed by atoms with Gasteiger partial charge in [0.25, 0.3) is 0 Å². The highest BCUT2D eigenvalue weighted by Crippen LogP contribution is 2.40. The second-order valence-electron chi connectivity index (χ2n) is 5.45. The van der Waals surface area contributed by atoms with Crippen LogP contribution >= 0.6 is 0 Å². The third kappa shape index (κ3) is 2.73. The first-order valence-electron chi connectivity index (χ1n) is 5.53. The van der Waals surface area contributed by atoms with Gasteiger partial charge in [0.2, 0.25) is 0 Å². The Morgan fingerprint density at radius 1 is 1.29 bits per heavy atom. The standard InChI is InChI=1S/C12H22O2/c1-12(2,3)10-7-5-6-9(8-10)11(13)14-4/h9-10H,5-8H2,1-4H3/t9-,10+/m0/s1. The number of ether oxygens (including phenoxy) is 1. The average Bonchev–Trinajstić information content (AvgIpc) is 2.15. The summed E-state index contributed by atoms with van der Waals surface area (Å²) in [5, 5.41) is 0. The number of methoxy groups -OCH3 is 1. The normalized spacial score (nSPS) is 28.6. The van der Waals surface area contributed by atoms with Crippen LogP contribution in [-0.4, -0.2) is 13.1 Å². The third-order valence-electron chi connectivity index (χ3n) is 3.43. The fraction of sp³-hybridized carbons (Fsp3) is 0.917. The van der Waals surface area contributed by atoms with Crippen molar-refractivity contribution < 1.29 is 9.53 Å². The van der Waals surface area contributed by atoms with Crippen molar-refractivity contribution in [1.29, 1.82) is 0 Å². The van der Waals surface area contributed by atoms with Crippen LogP contribution in [0.15, 0.2) is 0 Å². The van der Waals surface area contributed by atoms with E-state index in [1.807, 2.05) is 0 Å². The zero-order valence-corrected chi connectivity index (χ0v) is 9.80. The summed E-state index contributed by atoms with van der Waals surface area (Å²) in [5.41, 5.74) is 0.326. The second-order valence-corrected chi connectivity index (χ2v) is 5.45. The molecule has 1 saturated carbocycles. The largest absolute Gasteiger partial charge is 0.469 e. The Kier molecular flexibility index (Phi) is 3.57. The van der Waals surface area contributed by atoms with E-state index in [4.69, 9.17) is 4.74 Å². The molecule has 0 bridgehead atoms. The highest BCUT2D eigenvalue weighted by Gasteiger charge is 2.33. The van der Waals surface area contributed by atoms with Crippen molar-refractivity contribution in [3.8, 4) is 0 Å². The molecule has 0 aliphatic heterocycles. The summed E-state index contributed by atoms with van der Waals surface area (Å²) < 4.78 is 4.81. The Morgan fingerprint density at radius 3 is 2.43 bits per heavy atom. The lowest BCUT2D eigenvalue weighted by molar-refractivity contribution is -0.147. The van der Waals surface area contributed by atoms with Gasteiger partial charge in [0, 0.05) is 0 Å². The minimum atomic E-state index is -0.0149. The van der Waals surface area contributed by atoms with Gasteiger partial charge in [-0.05, 0) is 30.6 Å². The van der Waals surface area contributed by atoms with Crippen LogP contribution in [0.3, 0.4) is 0 Å². The summed E-state index contributed by atoms with van der Waals surface area (Å²) in [4.78, 5) is 11.4. The van der Waals surface area contributed by atoms with Crippen molar-refractivity contribution >= 4 is 5.97 Å². The molecule has 0 unspecified atom stereocenters. The van der Waals surface area contributed by atoms with Gasteiger partial charge in [-0.15, -0.1) is 0 Å². The minimum Gasteiger partial charge on any atom is -0.469 e. The predicted molar refractivity (Wildman–Crippen MR) is 56.9 cm³/mol. The molecule has 2 heteroatoms. The molecule has 1 aliphatic carbocycles. The van der Waals surface area contributed by atoms with E-state index in [1.54, 1.807) is 0 Å². The minimum absolute atomic E-state index is 0.0149. The van der Waals surface area contributed by atoms with Crippen molar-refractivity contribution in [2.24, 2.45) is 17.3 Å². The van der Waals surface area contributed by atoms with Crippen LogP contribution in [0.2, 0.25) is 0 Å². The molecule has 0 N–H and O–H groups in total. The number of hydrogen-bond acceptors (Lipinski definition) is 2. The van der Waals surface area contributed by atoms with E-state index in [9.17, 15) is 4.79 Å². The molecule has 0 aromatic rings. The molecular weight excluding hydrogens is 176 g/mol. The molecule has 1 aliphatic rings. The molecule has 0 aromatic carbocycles. The summed E-state index contributed by atoms with van der Waals surface area (Å²) >= 11 is 0. The maximum Gasteiger partial charge on any atom is 0.308 e. The summed E-state index contributed by atoms with van der Waals surface area (Å²) in [6.45, 7) is 6.78. The fourth-order valence-corrected chi connectivity index (χ4v) is 2.36. The molecule has 0 saturated heterocycles. The quantitative estimate of drug-likeness (QED) is 0.605. The van der Waals surface area contributed by atoms with E-state index in [-0.39, 0.29) is 11.9 Å². The monoisotopic (exact) mass is 198 g/mol. The van der Waals surface area contributed by atoms with Crippen LogP contribution in [0.25, 0.3) is 0 Å². The number of carbonyl (C=O) groups excluding carboxylic acids is 1. The molecule has 1 rings (SSSR count). The first-order valence-corrected chi connectivity index (χ1v) is 5.53. The summed E-state index contributed by atoms with van der Waals surface area (Å²) in [6, 6.07) is 0. The van der Waals surface area contributed by atoms with E-state index < -0.39 is 0 Å². The van der Waals surface area contributed by atoms with Gasteiger partial charge in [0.15, 0.2) is 0 Å². The number of hydrogen-bond donors (Lipinski definition) is 0. The first kappa shape index (κ1) is 11.5. The molecule has 0 amide bonds.